The number of carbonyl (C=O) groups is 3. The molecule has 2 N–H and O–H groups in total. The number of urea groups is 1. The van der Waals surface area contributed by atoms with Crippen LogP contribution in [0.1, 0.15) is 23.6 Å². The van der Waals surface area contributed by atoms with E-state index in [1.54, 1.807) is 0 Å². The summed E-state index contributed by atoms with van der Waals surface area (Å²) in [5.41, 5.74) is 1.18. The second-order valence-electron chi connectivity index (χ2n) is 7.78. The molecule has 30 heavy (non-hydrogen) atoms. The summed E-state index contributed by atoms with van der Waals surface area (Å²) in [5.74, 6) is -1.44. The van der Waals surface area contributed by atoms with Crippen molar-refractivity contribution < 1.29 is 18.8 Å². The van der Waals surface area contributed by atoms with Crippen molar-refractivity contribution >= 4 is 17.8 Å². The van der Waals surface area contributed by atoms with Crippen molar-refractivity contribution in [3.05, 3.63) is 71.0 Å². The summed E-state index contributed by atoms with van der Waals surface area (Å²) in [5, 5.41) is 5.33. The van der Waals surface area contributed by atoms with Gasteiger partial charge < -0.3 is 15.5 Å². The summed E-state index contributed by atoms with van der Waals surface area (Å²) in [4.78, 5) is 40.4. The van der Waals surface area contributed by atoms with Crippen LogP contribution in [0.3, 0.4) is 0 Å². The molecule has 1 aliphatic rings. The Bertz CT molecular complexity index is 944. The molecular weight excluding hydrogens is 387 g/mol. The Morgan fingerprint density at radius 2 is 1.67 bits per heavy atom. The SMILES string of the molecule is CN(C)Cc1ccc(CNC(=O)CN2C(=O)NC(C)(c3ccc(F)cc3)C2=O)cc1. The van der Waals surface area contributed by atoms with Gasteiger partial charge in [0.05, 0.1) is 0 Å². The molecule has 4 amide bonds. The van der Waals surface area contributed by atoms with E-state index in [0.29, 0.717) is 12.1 Å². The highest BCUT2D eigenvalue weighted by molar-refractivity contribution is 6.09. The Kier molecular flexibility index (Phi) is 6.17. The lowest BCUT2D eigenvalue weighted by Crippen LogP contribution is -2.43. The van der Waals surface area contributed by atoms with Gasteiger partial charge in [0.1, 0.15) is 17.9 Å². The molecule has 1 aliphatic heterocycles. The van der Waals surface area contributed by atoms with E-state index in [2.05, 4.69) is 15.5 Å². The average molecular weight is 412 g/mol. The van der Waals surface area contributed by atoms with Crippen LogP contribution in [0.15, 0.2) is 48.5 Å². The molecule has 1 fully saturated rings. The van der Waals surface area contributed by atoms with E-state index in [1.807, 2.05) is 38.4 Å². The Labute approximate surface area is 174 Å². The molecule has 158 valence electrons. The molecule has 3 rings (SSSR count). The highest BCUT2D eigenvalue weighted by Crippen LogP contribution is 2.28. The maximum absolute atomic E-state index is 13.2. The van der Waals surface area contributed by atoms with E-state index in [-0.39, 0.29) is 6.54 Å². The number of imide groups is 1. The summed E-state index contributed by atoms with van der Waals surface area (Å²) < 4.78 is 13.2. The predicted octanol–water partition coefficient (Wildman–Crippen LogP) is 1.97. The van der Waals surface area contributed by atoms with Gasteiger partial charge in [0.2, 0.25) is 5.91 Å². The average Bonchev–Trinajstić information content (AvgIpc) is 2.91. The Hall–Kier alpha value is -3.26. The van der Waals surface area contributed by atoms with E-state index < -0.39 is 29.2 Å². The lowest BCUT2D eigenvalue weighted by Gasteiger charge is -2.22. The summed E-state index contributed by atoms with van der Waals surface area (Å²) in [6, 6.07) is 12.5. The second kappa shape index (κ2) is 8.62. The highest BCUT2D eigenvalue weighted by atomic mass is 19.1. The van der Waals surface area contributed by atoms with Crippen molar-refractivity contribution in [2.24, 2.45) is 0 Å². The van der Waals surface area contributed by atoms with E-state index in [0.717, 1.165) is 22.6 Å². The number of amides is 4. The largest absolute Gasteiger partial charge is 0.350 e. The van der Waals surface area contributed by atoms with Gasteiger partial charge in [0.25, 0.3) is 5.91 Å². The zero-order valence-electron chi connectivity index (χ0n) is 17.2. The first kappa shape index (κ1) is 21.4. The van der Waals surface area contributed by atoms with Crippen LogP contribution in [0.5, 0.6) is 0 Å². The number of nitrogens with zero attached hydrogens (tertiary/aromatic N) is 2. The van der Waals surface area contributed by atoms with Crippen LogP contribution in [-0.4, -0.2) is 48.3 Å². The minimum atomic E-state index is -1.34. The zero-order valence-corrected chi connectivity index (χ0v) is 17.2. The van der Waals surface area contributed by atoms with Crippen LogP contribution in [0.2, 0.25) is 0 Å². The molecular formula is C22H25FN4O3. The fraction of sp³-hybridized carbons (Fsp3) is 0.318. The van der Waals surface area contributed by atoms with Gasteiger partial charge in [0.15, 0.2) is 0 Å². The smallest absolute Gasteiger partial charge is 0.325 e. The van der Waals surface area contributed by atoms with Crippen LogP contribution < -0.4 is 10.6 Å². The number of carbonyl (C=O) groups excluding carboxylic acids is 3. The normalized spacial score (nSPS) is 18.6. The first-order valence-corrected chi connectivity index (χ1v) is 9.58. The molecule has 0 saturated carbocycles. The third kappa shape index (κ3) is 4.65. The fourth-order valence-electron chi connectivity index (χ4n) is 3.35. The summed E-state index contributed by atoms with van der Waals surface area (Å²) >= 11 is 0. The maximum atomic E-state index is 13.2. The molecule has 1 unspecified atom stereocenters. The summed E-state index contributed by atoms with van der Waals surface area (Å²) in [6.07, 6.45) is 0. The van der Waals surface area contributed by atoms with Gasteiger partial charge in [-0.3, -0.25) is 14.5 Å². The van der Waals surface area contributed by atoms with Crippen LogP contribution >= 0.6 is 0 Å². The Morgan fingerprint density at radius 1 is 1.07 bits per heavy atom. The van der Waals surface area contributed by atoms with Gasteiger partial charge in [0, 0.05) is 13.1 Å². The highest BCUT2D eigenvalue weighted by Gasteiger charge is 2.49. The summed E-state index contributed by atoms with van der Waals surface area (Å²) in [6.45, 7) is 2.26. The first-order chi connectivity index (χ1) is 14.2. The Morgan fingerprint density at radius 3 is 2.27 bits per heavy atom. The van der Waals surface area contributed by atoms with Gasteiger partial charge >= 0.3 is 6.03 Å². The van der Waals surface area contributed by atoms with E-state index >= 15 is 0 Å². The predicted molar refractivity (Wildman–Crippen MR) is 110 cm³/mol. The van der Waals surface area contributed by atoms with Crippen LogP contribution in [-0.2, 0) is 28.2 Å². The van der Waals surface area contributed by atoms with Crippen molar-refractivity contribution in [2.45, 2.75) is 25.6 Å². The van der Waals surface area contributed by atoms with Crippen LogP contribution in [0.4, 0.5) is 9.18 Å². The van der Waals surface area contributed by atoms with Crippen LogP contribution in [0, 0.1) is 5.82 Å². The van der Waals surface area contributed by atoms with Gasteiger partial charge in [-0.05, 0) is 49.8 Å². The summed E-state index contributed by atoms with van der Waals surface area (Å²) in [7, 11) is 3.98. The molecule has 0 bridgehead atoms. The molecule has 7 nitrogen and oxygen atoms in total. The standard InChI is InChI=1S/C22H25FN4O3/c1-22(17-8-10-18(23)11-9-17)20(29)27(21(30)25-22)14-19(28)24-12-15-4-6-16(7-5-15)13-26(2)3/h4-11H,12-14H2,1-3H3,(H,24,28)(H,25,30). The molecule has 1 heterocycles. The number of hydrogen-bond donors (Lipinski definition) is 2. The first-order valence-electron chi connectivity index (χ1n) is 9.58. The minimum absolute atomic E-state index is 0.292. The topological polar surface area (TPSA) is 81.8 Å². The van der Waals surface area contributed by atoms with Crippen molar-refractivity contribution in [2.75, 3.05) is 20.6 Å². The van der Waals surface area contributed by atoms with E-state index in [4.69, 9.17) is 0 Å². The van der Waals surface area contributed by atoms with E-state index in [1.165, 1.54) is 31.2 Å². The Balaban J connectivity index is 1.59. The molecule has 8 heteroatoms. The molecule has 0 aromatic heterocycles. The zero-order chi connectivity index (χ0) is 21.9. The van der Waals surface area contributed by atoms with Gasteiger partial charge in [-0.1, -0.05) is 36.4 Å². The lowest BCUT2D eigenvalue weighted by atomic mass is 9.92. The fourth-order valence-corrected chi connectivity index (χ4v) is 3.35. The second-order valence-corrected chi connectivity index (χ2v) is 7.78. The number of halogens is 1. The third-order valence-electron chi connectivity index (χ3n) is 5.01. The van der Waals surface area contributed by atoms with Crippen molar-refractivity contribution in [1.82, 2.24) is 20.4 Å². The third-order valence-corrected chi connectivity index (χ3v) is 5.01. The van der Waals surface area contributed by atoms with Gasteiger partial charge in [-0.15, -0.1) is 0 Å². The maximum Gasteiger partial charge on any atom is 0.325 e. The quantitative estimate of drug-likeness (QED) is 0.682. The molecule has 1 saturated heterocycles. The molecule has 2 aromatic rings. The van der Waals surface area contributed by atoms with Crippen molar-refractivity contribution in [3.63, 3.8) is 0 Å². The molecule has 0 aliphatic carbocycles. The number of nitrogens with one attached hydrogen (secondary N) is 2. The minimum Gasteiger partial charge on any atom is -0.350 e. The number of rotatable bonds is 7. The lowest BCUT2D eigenvalue weighted by molar-refractivity contribution is -0.134. The molecule has 1 atom stereocenters. The molecule has 0 radical (unpaired) electrons. The van der Waals surface area contributed by atoms with Crippen molar-refractivity contribution in [1.29, 1.82) is 0 Å². The van der Waals surface area contributed by atoms with Crippen molar-refractivity contribution in [3.8, 4) is 0 Å². The number of benzene rings is 2. The van der Waals surface area contributed by atoms with E-state index in [9.17, 15) is 18.8 Å². The van der Waals surface area contributed by atoms with Gasteiger partial charge in [-0.2, -0.15) is 0 Å². The van der Waals surface area contributed by atoms with Gasteiger partial charge in [-0.25, -0.2) is 9.18 Å². The number of hydrogen-bond acceptors (Lipinski definition) is 4. The molecule has 2 aromatic carbocycles. The van der Waals surface area contributed by atoms with Crippen LogP contribution in [0.25, 0.3) is 0 Å². The molecule has 0 spiro atoms. The monoisotopic (exact) mass is 412 g/mol.